The minimum atomic E-state index is -0.0609. The topological polar surface area (TPSA) is 38.3 Å². The van der Waals surface area contributed by atoms with E-state index in [9.17, 15) is 4.79 Å². The highest BCUT2D eigenvalue weighted by molar-refractivity contribution is 5.85. The van der Waals surface area contributed by atoms with Crippen LogP contribution in [0.3, 0.4) is 0 Å². The Morgan fingerprint density at radius 2 is 2.05 bits per heavy atom. The predicted molar refractivity (Wildman–Crippen MR) is 81.5 cm³/mol. The van der Waals surface area contributed by atoms with E-state index in [4.69, 9.17) is 4.74 Å². The highest BCUT2D eigenvalue weighted by Gasteiger charge is 2.46. The Bertz CT molecular complexity index is 483. The van der Waals surface area contributed by atoms with Gasteiger partial charge in [-0.3, -0.25) is 4.79 Å². The molecular formula is C16H22ClNO2. The third kappa shape index (κ3) is 2.45. The molecule has 1 aromatic carbocycles. The molecular weight excluding hydrogens is 274 g/mol. The van der Waals surface area contributed by atoms with Crippen molar-refractivity contribution in [3.63, 3.8) is 0 Å². The van der Waals surface area contributed by atoms with Crippen molar-refractivity contribution in [3.05, 3.63) is 35.4 Å². The summed E-state index contributed by atoms with van der Waals surface area (Å²) >= 11 is 0. The quantitative estimate of drug-likeness (QED) is 0.853. The molecule has 3 nitrogen and oxygen atoms in total. The molecule has 3 rings (SSSR count). The van der Waals surface area contributed by atoms with Gasteiger partial charge in [0.05, 0.1) is 12.5 Å². The molecule has 1 aromatic rings. The molecule has 1 atom stereocenters. The third-order valence-electron chi connectivity index (χ3n) is 4.63. The number of hydrogen-bond donors (Lipinski definition) is 1. The average Bonchev–Trinajstić information content (AvgIpc) is 2.76. The lowest BCUT2D eigenvalue weighted by Crippen LogP contribution is -2.38. The van der Waals surface area contributed by atoms with Gasteiger partial charge in [0.25, 0.3) is 0 Å². The number of halogens is 1. The van der Waals surface area contributed by atoms with E-state index < -0.39 is 0 Å². The van der Waals surface area contributed by atoms with Gasteiger partial charge in [0.1, 0.15) is 0 Å². The van der Waals surface area contributed by atoms with E-state index in [2.05, 4.69) is 23.5 Å². The Labute approximate surface area is 126 Å². The molecule has 0 radical (unpaired) electrons. The summed E-state index contributed by atoms with van der Waals surface area (Å²) < 4.78 is 5.26. The van der Waals surface area contributed by atoms with Crippen LogP contribution in [0.2, 0.25) is 0 Å². The third-order valence-corrected chi connectivity index (χ3v) is 4.63. The summed E-state index contributed by atoms with van der Waals surface area (Å²) in [6, 6.07) is 8.44. The lowest BCUT2D eigenvalue weighted by atomic mass is 9.74. The fourth-order valence-corrected chi connectivity index (χ4v) is 3.73. The van der Waals surface area contributed by atoms with Gasteiger partial charge >= 0.3 is 5.97 Å². The Morgan fingerprint density at radius 3 is 2.75 bits per heavy atom. The van der Waals surface area contributed by atoms with Crippen molar-refractivity contribution in [2.75, 3.05) is 19.7 Å². The number of ether oxygens (including phenoxy) is 1. The van der Waals surface area contributed by atoms with Crippen molar-refractivity contribution < 1.29 is 9.53 Å². The fraction of sp³-hybridized carbons (Fsp3) is 0.562. The van der Waals surface area contributed by atoms with Crippen LogP contribution in [0.5, 0.6) is 0 Å². The zero-order valence-electron chi connectivity index (χ0n) is 11.9. The molecule has 0 aromatic heterocycles. The van der Waals surface area contributed by atoms with Gasteiger partial charge in [0, 0.05) is 0 Å². The Balaban J connectivity index is 0.00000147. The molecule has 1 spiro atoms. The summed E-state index contributed by atoms with van der Waals surface area (Å²) in [5.74, 6) is -0.111. The summed E-state index contributed by atoms with van der Waals surface area (Å²) in [5, 5.41) is 3.42. The molecule has 20 heavy (non-hydrogen) atoms. The maximum Gasteiger partial charge on any atom is 0.313 e. The number of piperidine rings is 1. The van der Waals surface area contributed by atoms with Crippen LogP contribution in [0, 0.1) is 0 Å². The Morgan fingerprint density at radius 1 is 1.35 bits per heavy atom. The van der Waals surface area contributed by atoms with Crippen LogP contribution in [0.4, 0.5) is 0 Å². The standard InChI is InChI=1S/C16H21NO2.ClH/c1-2-19-15(18)13-11-16(7-9-17-10-8-16)14-6-4-3-5-12(13)14;/h3-6,13,17H,2,7-11H2,1H3;1H. The second-order valence-corrected chi connectivity index (χ2v) is 5.63. The van der Waals surface area contributed by atoms with Gasteiger partial charge in [0.2, 0.25) is 0 Å². The molecule has 1 aliphatic heterocycles. The van der Waals surface area contributed by atoms with E-state index >= 15 is 0 Å². The first-order chi connectivity index (χ1) is 9.27. The van der Waals surface area contributed by atoms with E-state index in [1.807, 2.05) is 13.0 Å². The van der Waals surface area contributed by atoms with Gasteiger partial charge in [-0.05, 0) is 55.8 Å². The van der Waals surface area contributed by atoms with E-state index in [-0.39, 0.29) is 29.7 Å². The number of benzene rings is 1. The Kier molecular flexibility index (Phi) is 4.71. The normalized spacial score (nSPS) is 22.9. The van der Waals surface area contributed by atoms with Crippen LogP contribution in [-0.4, -0.2) is 25.7 Å². The molecule has 0 saturated carbocycles. The molecule has 2 aliphatic rings. The van der Waals surface area contributed by atoms with Crippen LogP contribution in [0.25, 0.3) is 0 Å². The molecule has 1 saturated heterocycles. The van der Waals surface area contributed by atoms with Gasteiger partial charge in [-0.15, -0.1) is 12.4 Å². The number of rotatable bonds is 2. The fourth-order valence-electron chi connectivity index (χ4n) is 3.73. The van der Waals surface area contributed by atoms with Gasteiger partial charge in [0.15, 0.2) is 0 Å². The minimum absolute atomic E-state index is 0. The van der Waals surface area contributed by atoms with Crippen LogP contribution in [-0.2, 0) is 14.9 Å². The van der Waals surface area contributed by atoms with Gasteiger partial charge < -0.3 is 10.1 Å². The number of fused-ring (bicyclic) bond motifs is 2. The monoisotopic (exact) mass is 295 g/mol. The van der Waals surface area contributed by atoms with Crippen molar-refractivity contribution in [1.29, 1.82) is 0 Å². The van der Waals surface area contributed by atoms with E-state index in [0.717, 1.165) is 32.4 Å². The summed E-state index contributed by atoms with van der Waals surface area (Å²) in [6.07, 6.45) is 3.17. The lowest BCUT2D eigenvalue weighted by Gasteiger charge is -2.35. The molecule has 1 unspecified atom stereocenters. The summed E-state index contributed by atoms with van der Waals surface area (Å²) in [4.78, 5) is 12.2. The molecule has 4 heteroatoms. The first-order valence-corrected chi connectivity index (χ1v) is 7.23. The second-order valence-electron chi connectivity index (χ2n) is 5.63. The first kappa shape index (κ1) is 15.3. The lowest BCUT2D eigenvalue weighted by molar-refractivity contribution is -0.145. The second kappa shape index (κ2) is 6.15. The van der Waals surface area contributed by atoms with Crippen LogP contribution >= 0.6 is 12.4 Å². The van der Waals surface area contributed by atoms with Crippen LogP contribution in [0.1, 0.15) is 43.2 Å². The van der Waals surface area contributed by atoms with Crippen molar-refractivity contribution in [3.8, 4) is 0 Å². The Hall–Kier alpha value is -1.06. The largest absolute Gasteiger partial charge is 0.466 e. The van der Waals surface area contributed by atoms with Crippen molar-refractivity contribution in [2.45, 2.75) is 37.5 Å². The summed E-state index contributed by atoms with van der Waals surface area (Å²) in [7, 11) is 0. The summed E-state index contributed by atoms with van der Waals surface area (Å²) in [5.41, 5.74) is 2.77. The molecule has 1 heterocycles. The number of hydrogen-bond acceptors (Lipinski definition) is 3. The van der Waals surface area contributed by atoms with Crippen LogP contribution in [0.15, 0.2) is 24.3 Å². The molecule has 110 valence electrons. The predicted octanol–water partition coefficient (Wildman–Crippen LogP) is 2.78. The zero-order chi connectivity index (χ0) is 13.3. The minimum Gasteiger partial charge on any atom is -0.466 e. The highest BCUT2D eigenvalue weighted by atomic mass is 35.5. The van der Waals surface area contributed by atoms with Crippen molar-refractivity contribution in [1.82, 2.24) is 5.32 Å². The number of carbonyl (C=O) groups is 1. The summed E-state index contributed by atoms with van der Waals surface area (Å²) in [6.45, 7) is 4.43. The van der Waals surface area contributed by atoms with Crippen molar-refractivity contribution in [2.24, 2.45) is 0 Å². The maximum atomic E-state index is 12.2. The maximum absolute atomic E-state index is 12.2. The first-order valence-electron chi connectivity index (χ1n) is 7.23. The van der Waals surface area contributed by atoms with E-state index in [1.165, 1.54) is 11.1 Å². The van der Waals surface area contributed by atoms with Gasteiger partial charge in [-0.1, -0.05) is 24.3 Å². The molecule has 0 amide bonds. The molecule has 1 aliphatic carbocycles. The SMILES string of the molecule is CCOC(=O)C1CC2(CCNCC2)c2ccccc21.Cl. The van der Waals surface area contributed by atoms with Crippen LogP contribution < -0.4 is 5.32 Å². The van der Waals surface area contributed by atoms with E-state index in [1.54, 1.807) is 0 Å². The number of carbonyl (C=O) groups excluding carboxylic acids is 1. The van der Waals surface area contributed by atoms with Crippen molar-refractivity contribution >= 4 is 18.4 Å². The number of nitrogens with one attached hydrogen (secondary N) is 1. The smallest absolute Gasteiger partial charge is 0.313 e. The van der Waals surface area contributed by atoms with Gasteiger partial charge in [-0.2, -0.15) is 0 Å². The number of esters is 1. The molecule has 1 fully saturated rings. The van der Waals surface area contributed by atoms with E-state index in [0.29, 0.717) is 6.61 Å². The highest BCUT2D eigenvalue weighted by Crippen LogP contribution is 2.51. The van der Waals surface area contributed by atoms with Gasteiger partial charge in [-0.25, -0.2) is 0 Å². The molecule has 0 bridgehead atoms. The average molecular weight is 296 g/mol. The molecule has 1 N–H and O–H groups in total. The zero-order valence-corrected chi connectivity index (χ0v) is 12.7.